The van der Waals surface area contributed by atoms with Gasteiger partial charge in [-0.3, -0.25) is 9.59 Å². The third-order valence-electron chi connectivity index (χ3n) is 6.32. The van der Waals surface area contributed by atoms with E-state index in [4.69, 9.17) is 4.74 Å². The van der Waals surface area contributed by atoms with Crippen LogP contribution in [0.3, 0.4) is 0 Å². The van der Waals surface area contributed by atoms with Crippen molar-refractivity contribution in [2.24, 2.45) is 5.92 Å². The Kier molecular flexibility index (Phi) is 16.6. The van der Waals surface area contributed by atoms with Crippen LogP contribution in [0.25, 0.3) is 0 Å². The van der Waals surface area contributed by atoms with Gasteiger partial charge >= 0.3 is 5.97 Å². The molecule has 0 aromatic heterocycles. The van der Waals surface area contributed by atoms with E-state index in [-0.39, 0.29) is 17.8 Å². The van der Waals surface area contributed by atoms with Crippen molar-refractivity contribution in [3.05, 3.63) is 0 Å². The van der Waals surface area contributed by atoms with Crippen LogP contribution in [0.4, 0.5) is 0 Å². The molecular weight excluding hydrogens is 388 g/mol. The van der Waals surface area contributed by atoms with Gasteiger partial charge in [0.15, 0.2) is 0 Å². The Morgan fingerprint density at radius 2 is 1.39 bits per heavy atom. The molecule has 1 fully saturated rings. The Hall–Kier alpha value is -1.10. The fourth-order valence-corrected chi connectivity index (χ4v) is 4.31. The lowest BCUT2D eigenvalue weighted by Crippen LogP contribution is -2.29. The van der Waals surface area contributed by atoms with Crippen LogP contribution < -0.4 is 0 Å². The van der Waals surface area contributed by atoms with Crippen molar-refractivity contribution in [1.29, 1.82) is 0 Å². The second-order valence-electron chi connectivity index (χ2n) is 9.66. The van der Waals surface area contributed by atoms with E-state index in [1.54, 1.807) is 0 Å². The Bertz CT molecular complexity index is 468. The number of unbranched alkanes of at least 4 members (excludes halogenated alkanes) is 13. The van der Waals surface area contributed by atoms with Gasteiger partial charge < -0.3 is 14.5 Å². The number of rotatable bonds is 20. The maximum absolute atomic E-state index is 12.2. The molecule has 5 heteroatoms. The number of carbonyl (C=O) groups is 2. The third kappa shape index (κ3) is 14.6. The summed E-state index contributed by atoms with van der Waals surface area (Å²) in [5, 5.41) is 0. The lowest BCUT2D eigenvalue weighted by Gasteiger charge is -2.17. The number of esters is 1. The molecule has 0 aromatic rings. The van der Waals surface area contributed by atoms with Crippen molar-refractivity contribution in [2.75, 3.05) is 40.3 Å². The Balaban J connectivity index is 1.90. The van der Waals surface area contributed by atoms with Gasteiger partial charge in [0.2, 0.25) is 5.91 Å². The summed E-state index contributed by atoms with van der Waals surface area (Å²) in [6, 6.07) is 0. The van der Waals surface area contributed by atoms with Crippen LogP contribution in [0, 0.1) is 5.92 Å². The van der Waals surface area contributed by atoms with Crippen LogP contribution in [0.15, 0.2) is 0 Å². The Labute approximate surface area is 192 Å². The highest BCUT2D eigenvalue weighted by Gasteiger charge is 2.34. The molecule has 0 spiro atoms. The van der Waals surface area contributed by atoms with Gasteiger partial charge in [-0.25, -0.2) is 0 Å². The molecule has 5 nitrogen and oxygen atoms in total. The van der Waals surface area contributed by atoms with Crippen LogP contribution in [-0.4, -0.2) is 62.0 Å². The molecule has 0 aromatic carbocycles. The van der Waals surface area contributed by atoms with E-state index in [9.17, 15) is 9.59 Å². The molecule has 0 aliphatic carbocycles. The number of carbonyl (C=O) groups excluding carboxylic acids is 2. The fraction of sp³-hybridized carbons (Fsp3) is 0.923. The lowest BCUT2D eigenvalue weighted by atomic mass is 10.0. The Morgan fingerprint density at radius 3 is 1.90 bits per heavy atom. The molecule has 1 aliphatic heterocycles. The van der Waals surface area contributed by atoms with Crippen molar-refractivity contribution < 1.29 is 14.3 Å². The predicted octanol–water partition coefficient (Wildman–Crippen LogP) is 5.81. The number of hydrogen-bond acceptors (Lipinski definition) is 4. The van der Waals surface area contributed by atoms with Crippen LogP contribution in [-0.2, 0) is 14.3 Å². The summed E-state index contributed by atoms with van der Waals surface area (Å²) in [7, 11) is 4.06. The first-order valence-electron chi connectivity index (χ1n) is 13.1. The van der Waals surface area contributed by atoms with Gasteiger partial charge in [0, 0.05) is 19.5 Å². The molecule has 0 N–H and O–H groups in total. The maximum atomic E-state index is 12.2. The largest absolute Gasteiger partial charge is 0.465 e. The van der Waals surface area contributed by atoms with Gasteiger partial charge in [-0.1, -0.05) is 90.4 Å². The topological polar surface area (TPSA) is 49.9 Å². The van der Waals surface area contributed by atoms with Crippen LogP contribution in [0.2, 0.25) is 0 Å². The van der Waals surface area contributed by atoms with Gasteiger partial charge in [-0.15, -0.1) is 0 Å². The Morgan fingerprint density at radius 1 is 0.871 bits per heavy atom. The first-order chi connectivity index (χ1) is 15.0. The molecule has 182 valence electrons. The highest BCUT2D eigenvalue weighted by atomic mass is 16.5. The highest BCUT2D eigenvalue weighted by Crippen LogP contribution is 2.20. The molecule has 0 bridgehead atoms. The molecule has 1 atom stereocenters. The summed E-state index contributed by atoms with van der Waals surface area (Å²) >= 11 is 0. The van der Waals surface area contributed by atoms with Crippen molar-refractivity contribution in [1.82, 2.24) is 9.80 Å². The van der Waals surface area contributed by atoms with Gasteiger partial charge in [0.25, 0.3) is 0 Å². The van der Waals surface area contributed by atoms with E-state index in [0.29, 0.717) is 19.6 Å². The second kappa shape index (κ2) is 18.5. The zero-order valence-corrected chi connectivity index (χ0v) is 20.8. The molecule has 31 heavy (non-hydrogen) atoms. The van der Waals surface area contributed by atoms with Gasteiger partial charge in [-0.05, 0) is 33.5 Å². The molecule has 1 amide bonds. The molecule has 0 radical (unpaired) electrons. The van der Waals surface area contributed by atoms with Gasteiger partial charge in [-0.2, -0.15) is 0 Å². The van der Waals surface area contributed by atoms with E-state index in [1.807, 2.05) is 19.0 Å². The molecule has 1 heterocycles. The summed E-state index contributed by atoms with van der Waals surface area (Å²) in [5.74, 6) is -0.353. The average Bonchev–Trinajstić information content (AvgIpc) is 3.11. The van der Waals surface area contributed by atoms with E-state index >= 15 is 0 Å². The first-order valence-corrected chi connectivity index (χ1v) is 13.1. The SMILES string of the molecule is CCCCCCCCCCCCCCCCOC(=O)C1CC(=O)N(CCCN(C)C)C1. The third-order valence-corrected chi connectivity index (χ3v) is 6.32. The van der Waals surface area contributed by atoms with Crippen molar-refractivity contribution >= 4 is 11.9 Å². The molecule has 1 aliphatic rings. The van der Waals surface area contributed by atoms with E-state index in [2.05, 4.69) is 11.8 Å². The monoisotopic (exact) mass is 438 g/mol. The summed E-state index contributed by atoms with van der Waals surface area (Å²) in [4.78, 5) is 28.3. The second-order valence-corrected chi connectivity index (χ2v) is 9.66. The summed E-state index contributed by atoms with van der Waals surface area (Å²) in [5.41, 5.74) is 0. The molecule has 1 rings (SSSR count). The molecular formula is C26H50N2O3. The van der Waals surface area contributed by atoms with E-state index < -0.39 is 0 Å². The number of amides is 1. The molecule has 0 saturated carbocycles. The summed E-state index contributed by atoms with van der Waals surface area (Å²) < 4.78 is 5.45. The maximum Gasteiger partial charge on any atom is 0.311 e. The van der Waals surface area contributed by atoms with E-state index in [0.717, 1.165) is 32.4 Å². The highest BCUT2D eigenvalue weighted by molar-refractivity contribution is 5.86. The fourth-order valence-electron chi connectivity index (χ4n) is 4.31. The van der Waals surface area contributed by atoms with Crippen LogP contribution in [0.1, 0.15) is 110 Å². The van der Waals surface area contributed by atoms with Gasteiger partial charge in [0.1, 0.15) is 0 Å². The van der Waals surface area contributed by atoms with E-state index in [1.165, 1.54) is 77.0 Å². The van der Waals surface area contributed by atoms with Crippen molar-refractivity contribution in [3.63, 3.8) is 0 Å². The zero-order valence-electron chi connectivity index (χ0n) is 20.8. The minimum Gasteiger partial charge on any atom is -0.465 e. The average molecular weight is 439 g/mol. The molecule has 1 saturated heterocycles. The number of nitrogens with zero attached hydrogens (tertiary/aromatic N) is 2. The number of likely N-dealkylation sites (tertiary alicyclic amines) is 1. The first kappa shape index (κ1) is 27.9. The van der Waals surface area contributed by atoms with Crippen LogP contribution >= 0.6 is 0 Å². The lowest BCUT2D eigenvalue weighted by molar-refractivity contribution is -0.148. The van der Waals surface area contributed by atoms with Crippen LogP contribution in [0.5, 0.6) is 0 Å². The number of hydrogen-bond donors (Lipinski definition) is 0. The number of ether oxygens (including phenoxy) is 1. The smallest absolute Gasteiger partial charge is 0.311 e. The van der Waals surface area contributed by atoms with Crippen molar-refractivity contribution in [2.45, 2.75) is 110 Å². The van der Waals surface area contributed by atoms with Crippen molar-refractivity contribution in [3.8, 4) is 0 Å². The summed E-state index contributed by atoms with van der Waals surface area (Å²) in [6.45, 7) is 5.00. The normalized spacial score (nSPS) is 16.5. The quantitative estimate of drug-likeness (QED) is 0.178. The summed E-state index contributed by atoms with van der Waals surface area (Å²) in [6.07, 6.45) is 19.8. The predicted molar refractivity (Wildman–Crippen MR) is 129 cm³/mol. The minimum atomic E-state index is -0.265. The molecule has 1 unspecified atom stereocenters. The standard InChI is InChI=1S/C26H50N2O3/c1-4-5-6-7-8-9-10-11-12-13-14-15-16-17-21-31-26(30)24-22-25(29)28(23-24)20-18-19-27(2)3/h24H,4-23H2,1-3H3. The zero-order chi connectivity index (χ0) is 22.7. The van der Waals surface area contributed by atoms with Gasteiger partial charge in [0.05, 0.1) is 12.5 Å². The minimum absolute atomic E-state index is 0.0946.